The van der Waals surface area contributed by atoms with Crippen molar-refractivity contribution in [1.82, 2.24) is 5.32 Å². The Balaban J connectivity index is 1.41. The highest BCUT2D eigenvalue weighted by Gasteiger charge is 2.29. The fourth-order valence-electron chi connectivity index (χ4n) is 3.62. The van der Waals surface area contributed by atoms with Crippen molar-refractivity contribution in [2.75, 3.05) is 6.61 Å². The van der Waals surface area contributed by atoms with Crippen LogP contribution in [0.25, 0.3) is 0 Å². The molecule has 3 aromatic carbocycles. The van der Waals surface area contributed by atoms with Crippen molar-refractivity contribution in [2.24, 2.45) is 0 Å². The Morgan fingerprint density at radius 3 is 2.58 bits per heavy atom. The Labute approximate surface area is 194 Å². The molecule has 0 aliphatic carbocycles. The first-order valence-corrected chi connectivity index (χ1v) is 10.7. The summed E-state index contributed by atoms with van der Waals surface area (Å²) in [4.78, 5) is 23.8. The van der Waals surface area contributed by atoms with Crippen LogP contribution < -0.4 is 14.8 Å². The van der Waals surface area contributed by atoms with Crippen molar-refractivity contribution < 1.29 is 28.6 Å². The standard InChI is InChI=1S/C25H21ClFNO5/c26-20-13-19-18(25(30)31)10-11-32-21(19)14-22(20)33-17-8-6-16(7-9-17)24(29)28-23(27)12-15-4-2-1-3-5-15/h1-9,13-14,18,23H,10-12H2,(H,28,29)(H,30,31). The van der Waals surface area contributed by atoms with Crippen molar-refractivity contribution in [2.45, 2.75) is 25.1 Å². The Morgan fingerprint density at radius 2 is 1.88 bits per heavy atom. The van der Waals surface area contributed by atoms with Gasteiger partial charge >= 0.3 is 5.97 Å². The number of halogens is 2. The Bertz CT molecular complexity index is 1150. The van der Waals surface area contributed by atoms with Crippen LogP contribution in [0.15, 0.2) is 66.7 Å². The lowest BCUT2D eigenvalue weighted by molar-refractivity contribution is -0.139. The molecule has 1 aliphatic rings. The molecule has 0 spiro atoms. The van der Waals surface area contributed by atoms with Gasteiger partial charge in [0.15, 0.2) is 6.30 Å². The van der Waals surface area contributed by atoms with E-state index >= 15 is 0 Å². The van der Waals surface area contributed by atoms with Crippen LogP contribution in [0.4, 0.5) is 4.39 Å². The predicted octanol–water partition coefficient (Wildman–Crippen LogP) is 5.35. The van der Waals surface area contributed by atoms with E-state index in [0.29, 0.717) is 29.2 Å². The number of benzene rings is 3. The molecule has 4 rings (SSSR count). The summed E-state index contributed by atoms with van der Waals surface area (Å²) in [6.07, 6.45) is -1.07. The van der Waals surface area contributed by atoms with Crippen LogP contribution in [0.3, 0.4) is 0 Å². The van der Waals surface area contributed by atoms with Gasteiger partial charge in [0.1, 0.15) is 17.2 Å². The van der Waals surface area contributed by atoms with Gasteiger partial charge in [-0.1, -0.05) is 41.9 Å². The number of fused-ring (bicyclic) bond motifs is 1. The second-order valence-electron chi connectivity index (χ2n) is 7.61. The Morgan fingerprint density at radius 1 is 1.15 bits per heavy atom. The van der Waals surface area contributed by atoms with Crippen molar-refractivity contribution in [3.05, 3.63) is 88.4 Å². The van der Waals surface area contributed by atoms with Crippen molar-refractivity contribution >= 4 is 23.5 Å². The molecule has 0 fully saturated rings. The van der Waals surface area contributed by atoms with Crippen LogP contribution in [-0.4, -0.2) is 29.9 Å². The minimum atomic E-state index is -1.51. The molecule has 33 heavy (non-hydrogen) atoms. The van der Waals surface area contributed by atoms with Gasteiger partial charge in [0, 0.05) is 23.6 Å². The SMILES string of the molecule is O=C(NC(F)Cc1ccccc1)c1ccc(Oc2cc3c(cc2Cl)C(C(=O)O)CCO3)cc1. The number of hydrogen-bond donors (Lipinski definition) is 2. The number of rotatable bonds is 7. The Kier molecular flexibility index (Phi) is 6.79. The monoisotopic (exact) mass is 469 g/mol. The first-order chi connectivity index (χ1) is 15.9. The number of carboxylic acid groups (broad SMARTS) is 1. The number of amides is 1. The van der Waals surface area contributed by atoms with Gasteiger partial charge < -0.3 is 19.9 Å². The zero-order chi connectivity index (χ0) is 23.4. The molecule has 0 aromatic heterocycles. The van der Waals surface area contributed by atoms with E-state index in [1.54, 1.807) is 36.4 Å². The topological polar surface area (TPSA) is 84.9 Å². The number of carboxylic acids is 1. The van der Waals surface area contributed by atoms with E-state index in [1.807, 2.05) is 18.2 Å². The van der Waals surface area contributed by atoms with E-state index < -0.39 is 24.1 Å². The van der Waals surface area contributed by atoms with Crippen LogP contribution in [0.2, 0.25) is 5.02 Å². The molecule has 170 valence electrons. The predicted molar refractivity (Wildman–Crippen MR) is 121 cm³/mol. The summed E-state index contributed by atoms with van der Waals surface area (Å²) in [6.45, 7) is 0.286. The molecule has 0 saturated heterocycles. The first-order valence-electron chi connectivity index (χ1n) is 10.4. The maximum Gasteiger partial charge on any atom is 0.311 e. The summed E-state index contributed by atoms with van der Waals surface area (Å²) >= 11 is 6.31. The van der Waals surface area contributed by atoms with E-state index in [2.05, 4.69) is 5.32 Å². The molecular formula is C25H21ClFNO5. The third-order valence-corrected chi connectivity index (χ3v) is 5.59. The lowest BCUT2D eigenvalue weighted by atomic mass is 9.93. The summed E-state index contributed by atoms with van der Waals surface area (Å²) in [5, 5.41) is 12.0. The molecule has 2 N–H and O–H groups in total. The minimum absolute atomic E-state index is 0.0788. The Hall–Kier alpha value is -3.58. The molecular weight excluding hydrogens is 449 g/mol. The van der Waals surface area contributed by atoms with Crippen LogP contribution in [0.5, 0.6) is 17.2 Å². The highest BCUT2D eigenvalue weighted by Crippen LogP contribution is 2.41. The van der Waals surface area contributed by atoms with Gasteiger partial charge in [-0.15, -0.1) is 0 Å². The summed E-state index contributed by atoms with van der Waals surface area (Å²) in [7, 11) is 0. The minimum Gasteiger partial charge on any atom is -0.493 e. The van der Waals surface area contributed by atoms with Gasteiger partial charge in [-0.3, -0.25) is 9.59 Å². The first kappa shape index (κ1) is 22.6. The van der Waals surface area contributed by atoms with E-state index in [4.69, 9.17) is 21.1 Å². The van der Waals surface area contributed by atoms with Crippen molar-refractivity contribution in [1.29, 1.82) is 0 Å². The molecule has 6 nitrogen and oxygen atoms in total. The summed E-state index contributed by atoms with van der Waals surface area (Å²) in [5.41, 5.74) is 1.58. The fraction of sp³-hybridized carbons (Fsp3) is 0.200. The van der Waals surface area contributed by atoms with E-state index in [-0.39, 0.29) is 23.6 Å². The highest BCUT2D eigenvalue weighted by atomic mass is 35.5. The molecule has 0 bridgehead atoms. The van der Waals surface area contributed by atoms with Gasteiger partial charge in [0.05, 0.1) is 17.5 Å². The van der Waals surface area contributed by atoms with Crippen LogP contribution in [-0.2, 0) is 11.2 Å². The smallest absolute Gasteiger partial charge is 0.311 e. The number of hydrogen-bond acceptors (Lipinski definition) is 4. The number of aliphatic carboxylic acids is 1. The lowest BCUT2D eigenvalue weighted by Crippen LogP contribution is -2.33. The van der Waals surface area contributed by atoms with Crippen LogP contribution in [0.1, 0.15) is 33.8 Å². The fourth-order valence-corrected chi connectivity index (χ4v) is 3.83. The second-order valence-corrected chi connectivity index (χ2v) is 8.01. The average molecular weight is 470 g/mol. The average Bonchev–Trinajstić information content (AvgIpc) is 2.80. The molecule has 0 radical (unpaired) electrons. The summed E-state index contributed by atoms with van der Waals surface area (Å²) < 4.78 is 25.6. The molecule has 1 aliphatic heterocycles. The number of nitrogens with one attached hydrogen (secondary N) is 1. The third kappa shape index (κ3) is 5.43. The molecule has 1 amide bonds. The number of carbonyl (C=O) groups excluding carboxylic acids is 1. The maximum absolute atomic E-state index is 14.2. The van der Waals surface area contributed by atoms with Crippen molar-refractivity contribution in [3.8, 4) is 17.2 Å². The molecule has 2 unspecified atom stereocenters. The largest absolute Gasteiger partial charge is 0.493 e. The van der Waals surface area contributed by atoms with Gasteiger partial charge in [-0.05, 0) is 42.3 Å². The van der Waals surface area contributed by atoms with E-state index in [9.17, 15) is 19.1 Å². The normalized spacial score (nSPS) is 15.6. The summed E-state index contributed by atoms with van der Waals surface area (Å²) in [5.74, 6) is -1.04. The third-order valence-electron chi connectivity index (χ3n) is 5.29. The number of ether oxygens (including phenoxy) is 2. The number of alkyl halides is 1. The zero-order valence-corrected chi connectivity index (χ0v) is 18.2. The molecule has 3 aromatic rings. The van der Waals surface area contributed by atoms with Crippen LogP contribution in [0, 0.1) is 0 Å². The van der Waals surface area contributed by atoms with E-state index in [0.717, 1.165) is 5.56 Å². The summed E-state index contributed by atoms with van der Waals surface area (Å²) in [6, 6.07) is 18.3. The van der Waals surface area contributed by atoms with Gasteiger partial charge in [-0.2, -0.15) is 0 Å². The van der Waals surface area contributed by atoms with Gasteiger partial charge in [-0.25, -0.2) is 4.39 Å². The molecule has 8 heteroatoms. The number of carbonyl (C=O) groups is 2. The van der Waals surface area contributed by atoms with Crippen molar-refractivity contribution in [3.63, 3.8) is 0 Å². The maximum atomic E-state index is 14.2. The zero-order valence-electron chi connectivity index (χ0n) is 17.5. The quantitative estimate of drug-likeness (QED) is 0.455. The molecule has 0 saturated carbocycles. The van der Waals surface area contributed by atoms with E-state index in [1.165, 1.54) is 12.1 Å². The van der Waals surface area contributed by atoms with Gasteiger partial charge in [0.25, 0.3) is 5.91 Å². The molecule has 1 heterocycles. The lowest BCUT2D eigenvalue weighted by Gasteiger charge is -2.24. The molecule has 2 atom stereocenters. The second kappa shape index (κ2) is 9.92. The highest BCUT2D eigenvalue weighted by molar-refractivity contribution is 6.32. The van der Waals surface area contributed by atoms with Crippen LogP contribution >= 0.6 is 11.6 Å². The van der Waals surface area contributed by atoms with Gasteiger partial charge in [0.2, 0.25) is 0 Å².